The quantitative estimate of drug-likeness (QED) is 0.834. The minimum absolute atomic E-state index is 0.198. The number of hydrogen-bond donors (Lipinski definition) is 2. The van der Waals surface area contributed by atoms with Crippen molar-refractivity contribution in [2.24, 2.45) is 11.7 Å². The van der Waals surface area contributed by atoms with Crippen LogP contribution in [0, 0.1) is 5.92 Å². The summed E-state index contributed by atoms with van der Waals surface area (Å²) >= 11 is 0. The molecule has 0 aromatic heterocycles. The Bertz CT molecular complexity index is 388. The van der Waals surface area contributed by atoms with Crippen LogP contribution in [-0.4, -0.2) is 19.8 Å². The molecule has 3 unspecified atom stereocenters. The molecule has 1 aliphatic carbocycles. The van der Waals surface area contributed by atoms with Crippen LogP contribution < -0.4 is 11.1 Å². The van der Waals surface area contributed by atoms with Gasteiger partial charge in [0, 0.05) is 25.2 Å². The predicted octanol–water partition coefficient (Wildman–Crippen LogP) is 1.76. The molecule has 1 heterocycles. The van der Waals surface area contributed by atoms with Crippen molar-refractivity contribution in [3.8, 4) is 0 Å². The maximum atomic E-state index is 6.16. The largest absolute Gasteiger partial charge is 0.381 e. The summed E-state index contributed by atoms with van der Waals surface area (Å²) in [4.78, 5) is 0. The first-order valence-electron chi connectivity index (χ1n) is 6.50. The summed E-state index contributed by atoms with van der Waals surface area (Å²) in [5.74, 6) is 0.680. The van der Waals surface area contributed by atoms with Crippen LogP contribution in [0.4, 0.5) is 0 Å². The number of hydrogen-bond acceptors (Lipinski definition) is 3. The average molecular weight is 232 g/mol. The molecule has 0 saturated carbocycles. The van der Waals surface area contributed by atoms with Gasteiger partial charge in [-0.3, -0.25) is 0 Å². The Balaban J connectivity index is 1.65. The fraction of sp³-hybridized carbons (Fsp3) is 0.571. The van der Waals surface area contributed by atoms with Gasteiger partial charge < -0.3 is 15.8 Å². The Hall–Kier alpha value is -0.900. The van der Waals surface area contributed by atoms with Gasteiger partial charge in [-0.25, -0.2) is 0 Å². The van der Waals surface area contributed by atoms with E-state index in [1.165, 1.54) is 17.5 Å². The van der Waals surface area contributed by atoms with Crippen LogP contribution in [0.15, 0.2) is 24.3 Å². The molecule has 3 N–H and O–H groups in total. The van der Waals surface area contributed by atoms with Crippen LogP contribution in [0.1, 0.15) is 36.1 Å². The molecule has 3 rings (SSSR count). The molecule has 92 valence electrons. The van der Waals surface area contributed by atoms with Crippen LogP contribution in [-0.2, 0) is 4.74 Å². The van der Waals surface area contributed by atoms with Gasteiger partial charge in [0.25, 0.3) is 0 Å². The lowest BCUT2D eigenvalue weighted by atomic mass is 10.1. The summed E-state index contributed by atoms with van der Waals surface area (Å²) in [6.45, 7) is 2.88. The van der Waals surface area contributed by atoms with Crippen molar-refractivity contribution in [2.45, 2.75) is 24.9 Å². The van der Waals surface area contributed by atoms with Gasteiger partial charge in [0.05, 0.1) is 6.61 Å². The summed E-state index contributed by atoms with van der Waals surface area (Å²) in [7, 11) is 0. The summed E-state index contributed by atoms with van der Waals surface area (Å²) < 4.78 is 5.40. The highest BCUT2D eigenvalue weighted by Crippen LogP contribution is 2.37. The van der Waals surface area contributed by atoms with Crippen molar-refractivity contribution in [3.05, 3.63) is 35.4 Å². The summed E-state index contributed by atoms with van der Waals surface area (Å²) in [6, 6.07) is 9.16. The van der Waals surface area contributed by atoms with Crippen molar-refractivity contribution < 1.29 is 4.74 Å². The van der Waals surface area contributed by atoms with Gasteiger partial charge >= 0.3 is 0 Å². The van der Waals surface area contributed by atoms with E-state index in [2.05, 4.69) is 29.6 Å². The predicted molar refractivity (Wildman–Crippen MR) is 67.7 cm³/mol. The first-order valence-corrected chi connectivity index (χ1v) is 6.50. The standard InChI is InChI=1S/C14H20N2O/c15-13-7-14(12-4-2-1-3-11(12)13)16-8-10-5-6-17-9-10/h1-4,10,13-14,16H,5-9,15H2. The van der Waals surface area contributed by atoms with Gasteiger partial charge in [-0.1, -0.05) is 24.3 Å². The molecule has 1 fully saturated rings. The van der Waals surface area contributed by atoms with Crippen LogP contribution in [0.2, 0.25) is 0 Å². The number of rotatable bonds is 3. The normalized spacial score (nSPS) is 31.7. The van der Waals surface area contributed by atoms with Crippen molar-refractivity contribution in [1.29, 1.82) is 0 Å². The van der Waals surface area contributed by atoms with Gasteiger partial charge in [-0.2, -0.15) is 0 Å². The average Bonchev–Trinajstić information content (AvgIpc) is 2.96. The highest BCUT2D eigenvalue weighted by atomic mass is 16.5. The third-order valence-electron chi connectivity index (χ3n) is 3.94. The van der Waals surface area contributed by atoms with E-state index in [9.17, 15) is 0 Å². The first kappa shape index (κ1) is 11.2. The maximum Gasteiger partial charge on any atom is 0.0507 e. The molecule has 0 bridgehead atoms. The molecule has 1 aliphatic heterocycles. The van der Waals surface area contributed by atoms with Gasteiger partial charge in [-0.15, -0.1) is 0 Å². The Morgan fingerprint density at radius 1 is 1.29 bits per heavy atom. The Morgan fingerprint density at radius 3 is 2.88 bits per heavy atom. The number of benzene rings is 1. The molecule has 0 radical (unpaired) electrons. The molecule has 3 atom stereocenters. The maximum absolute atomic E-state index is 6.16. The van der Waals surface area contributed by atoms with E-state index in [0.717, 1.165) is 26.2 Å². The minimum Gasteiger partial charge on any atom is -0.381 e. The lowest BCUT2D eigenvalue weighted by molar-refractivity contribution is 0.184. The fourth-order valence-electron chi connectivity index (χ4n) is 2.92. The Morgan fingerprint density at radius 2 is 2.12 bits per heavy atom. The van der Waals surface area contributed by atoms with Gasteiger partial charge in [0.1, 0.15) is 0 Å². The van der Waals surface area contributed by atoms with Gasteiger partial charge in [0.15, 0.2) is 0 Å². The monoisotopic (exact) mass is 232 g/mol. The van der Waals surface area contributed by atoms with E-state index in [-0.39, 0.29) is 6.04 Å². The van der Waals surface area contributed by atoms with Gasteiger partial charge in [-0.05, 0) is 29.9 Å². The topological polar surface area (TPSA) is 47.3 Å². The van der Waals surface area contributed by atoms with E-state index >= 15 is 0 Å². The van der Waals surface area contributed by atoms with Crippen molar-refractivity contribution in [3.63, 3.8) is 0 Å². The molecule has 1 aromatic rings. The Labute approximate surface area is 102 Å². The zero-order chi connectivity index (χ0) is 11.7. The smallest absolute Gasteiger partial charge is 0.0507 e. The zero-order valence-corrected chi connectivity index (χ0v) is 10.1. The molecule has 0 spiro atoms. The van der Waals surface area contributed by atoms with E-state index < -0.39 is 0 Å². The fourth-order valence-corrected chi connectivity index (χ4v) is 2.92. The van der Waals surface area contributed by atoms with Crippen molar-refractivity contribution >= 4 is 0 Å². The second kappa shape index (κ2) is 4.77. The second-order valence-corrected chi connectivity index (χ2v) is 5.16. The molecule has 17 heavy (non-hydrogen) atoms. The van der Waals surface area contributed by atoms with E-state index in [1.807, 2.05) is 0 Å². The zero-order valence-electron chi connectivity index (χ0n) is 10.1. The Kier molecular flexibility index (Phi) is 3.14. The van der Waals surface area contributed by atoms with Crippen molar-refractivity contribution in [1.82, 2.24) is 5.32 Å². The highest BCUT2D eigenvalue weighted by molar-refractivity contribution is 5.37. The van der Waals surface area contributed by atoms with Crippen molar-refractivity contribution in [2.75, 3.05) is 19.8 Å². The number of ether oxygens (including phenoxy) is 1. The number of nitrogens with one attached hydrogen (secondary N) is 1. The van der Waals surface area contributed by atoms with Crippen LogP contribution in [0.3, 0.4) is 0 Å². The molecular weight excluding hydrogens is 212 g/mol. The SMILES string of the molecule is NC1CC(NCC2CCOC2)c2ccccc21. The van der Waals surface area contributed by atoms with Gasteiger partial charge in [0.2, 0.25) is 0 Å². The lowest BCUT2D eigenvalue weighted by Gasteiger charge is -2.16. The van der Waals surface area contributed by atoms with Crippen LogP contribution in [0.25, 0.3) is 0 Å². The van der Waals surface area contributed by atoms with Crippen LogP contribution >= 0.6 is 0 Å². The molecular formula is C14H20N2O. The molecule has 1 saturated heterocycles. The summed E-state index contributed by atoms with van der Waals surface area (Å²) in [6.07, 6.45) is 2.21. The summed E-state index contributed by atoms with van der Waals surface area (Å²) in [5.41, 5.74) is 8.86. The first-order chi connectivity index (χ1) is 8.34. The van der Waals surface area contributed by atoms with E-state index in [4.69, 9.17) is 10.5 Å². The second-order valence-electron chi connectivity index (χ2n) is 5.16. The van der Waals surface area contributed by atoms with E-state index in [0.29, 0.717) is 12.0 Å². The highest BCUT2D eigenvalue weighted by Gasteiger charge is 2.28. The third kappa shape index (κ3) is 2.23. The third-order valence-corrected chi connectivity index (χ3v) is 3.94. The lowest BCUT2D eigenvalue weighted by Crippen LogP contribution is -2.26. The van der Waals surface area contributed by atoms with E-state index in [1.54, 1.807) is 0 Å². The molecule has 3 heteroatoms. The molecule has 1 aromatic carbocycles. The molecule has 2 aliphatic rings. The summed E-state index contributed by atoms with van der Waals surface area (Å²) in [5, 5.41) is 3.65. The molecule has 3 nitrogen and oxygen atoms in total. The minimum atomic E-state index is 0.198. The molecule has 0 amide bonds. The number of fused-ring (bicyclic) bond motifs is 1. The van der Waals surface area contributed by atoms with Crippen LogP contribution in [0.5, 0.6) is 0 Å². The number of nitrogens with two attached hydrogens (primary N) is 1.